The first-order valence-electron chi connectivity index (χ1n) is 9.11. The molecule has 0 atom stereocenters. The Kier molecular flexibility index (Phi) is 5.05. The lowest BCUT2D eigenvalue weighted by Gasteiger charge is -2.10. The Balaban J connectivity index is 1.84. The van der Waals surface area contributed by atoms with Gasteiger partial charge in [0.05, 0.1) is 22.5 Å². The first-order valence-corrected chi connectivity index (χ1v) is 9.11. The molecule has 0 bridgehead atoms. The second-order valence-corrected chi connectivity index (χ2v) is 6.63. The SMILES string of the molecule is O=C(O)c1ccc(-c2cc(-c3cccnc3)cc(-c3ccc(C(=O)O)cc3)n2)cc1. The average Bonchev–Trinajstić information content (AvgIpc) is 2.79. The standard InChI is InChI=1S/C24H16N2O4/c27-23(28)17-7-3-15(4-8-17)21-12-20(19-2-1-11-25-14-19)13-22(26-21)16-5-9-18(10-6-16)24(29)30/h1-14H,(H,27,28)(H,29,30). The van der Waals surface area contributed by atoms with Crippen LogP contribution in [0.25, 0.3) is 33.6 Å². The van der Waals surface area contributed by atoms with Gasteiger partial charge in [0, 0.05) is 29.1 Å². The summed E-state index contributed by atoms with van der Waals surface area (Å²) < 4.78 is 0. The third-order valence-corrected chi connectivity index (χ3v) is 4.68. The van der Waals surface area contributed by atoms with E-state index in [1.165, 1.54) is 24.3 Å². The van der Waals surface area contributed by atoms with Crippen LogP contribution >= 0.6 is 0 Å². The second-order valence-electron chi connectivity index (χ2n) is 6.63. The first kappa shape index (κ1) is 19.0. The summed E-state index contributed by atoms with van der Waals surface area (Å²) in [6.45, 7) is 0. The van der Waals surface area contributed by atoms with Crippen LogP contribution in [-0.2, 0) is 0 Å². The Morgan fingerprint density at radius 2 is 1.13 bits per heavy atom. The van der Waals surface area contributed by atoms with Gasteiger partial charge in [-0.2, -0.15) is 0 Å². The summed E-state index contributed by atoms with van der Waals surface area (Å²) >= 11 is 0. The fourth-order valence-electron chi connectivity index (χ4n) is 3.09. The molecule has 0 spiro atoms. The van der Waals surface area contributed by atoms with Gasteiger partial charge in [-0.05, 0) is 48.0 Å². The maximum absolute atomic E-state index is 11.1. The molecule has 0 saturated carbocycles. The summed E-state index contributed by atoms with van der Waals surface area (Å²) in [5.41, 5.74) is 5.09. The van der Waals surface area contributed by atoms with Gasteiger partial charge in [-0.1, -0.05) is 30.3 Å². The van der Waals surface area contributed by atoms with Gasteiger partial charge < -0.3 is 10.2 Å². The minimum absolute atomic E-state index is 0.201. The molecule has 0 aliphatic heterocycles. The lowest BCUT2D eigenvalue weighted by Crippen LogP contribution is -1.97. The number of aromatic nitrogens is 2. The molecule has 0 fully saturated rings. The molecule has 6 nitrogen and oxygen atoms in total. The highest BCUT2D eigenvalue weighted by molar-refractivity contribution is 5.89. The Labute approximate surface area is 172 Å². The van der Waals surface area contributed by atoms with Crippen molar-refractivity contribution in [3.63, 3.8) is 0 Å². The zero-order valence-corrected chi connectivity index (χ0v) is 15.7. The quantitative estimate of drug-likeness (QED) is 0.499. The molecule has 0 aliphatic carbocycles. The molecule has 30 heavy (non-hydrogen) atoms. The summed E-state index contributed by atoms with van der Waals surface area (Å²) in [4.78, 5) is 31.2. The van der Waals surface area contributed by atoms with Gasteiger partial charge in [-0.25, -0.2) is 14.6 Å². The molecule has 0 saturated heterocycles. The highest BCUT2D eigenvalue weighted by atomic mass is 16.4. The molecule has 2 aromatic carbocycles. The van der Waals surface area contributed by atoms with E-state index in [0.717, 1.165) is 22.3 Å². The van der Waals surface area contributed by atoms with Crippen LogP contribution in [0.15, 0.2) is 85.2 Å². The predicted octanol–water partition coefficient (Wildman–Crippen LogP) is 4.87. The topological polar surface area (TPSA) is 100 Å². The van der Waals surface area contributed by atoms with Crippen LogP contribution in [0.3, 0.4) is 0 Å². The highest BCUT2D eigenvalue weighted by Gasteiger charge is 2.11. The maximum atomic E-state index is 11.1. The lowest BCUT2D eigenvalue weighted by atomic mass is 10.00. The Morgan fingerprint density at radius 1 is 0.633 bits per heavy atom. The number of hydrogen-bond acceptors (Lipinski definition) is 4. The largest absolute Gasteiger partial charge is 0.478 e. The first-order chi connectivity index (χ1) is 14.5. The molecule has 0 unspecified atom stereocenters. The van der Waals surface area contributed by atoms with E-state index in [9.17, 15) is 9.59 Å². The van der Waals surface area contributed by atoms with Gasteiger partial charge >= 0.3 is 11.9 Å². The fraction of sp³-hybridized carbons (Fsp3) is 0. The summed E-state index contributed by atoms with van der Waals surface area (Å²) in [7, 11) is 0. The van der Waals surface area contributed by atoms with Crippen molar-refractivity contribution in [1.82, 2.24) is 9.97 Å². The number of carboxylic acid groups (broad SMARTS) is 2. The zero-order valence-electron chi connectivity index (χ0n) is 15.7. The molecule has 2 aromatic heterocycles. The minimum atomic E-state index is -0.988. The number of benzene rings is 2. The van der Waals surface area contributed by atoms with Crippen molar-refractivity contribution in [3.8, 4) is 33.6 Å². The molecular formula is C24H16N2O4. The zero-order chi connectivity index (χ0) is 21.1. The lowest BCUT2D eigenvalue weighted by molar-refractivity contribution is 0.0686. The van der Waals surface area contributed by atoms with Gasteiger partial charge in [0.2, 0.25) is 0 Å². The summed E-state index contributed by atoms with van der Waals surface area (Å²) in [6.07, 6.45) is 3.45. The molecule has 6 heteroatoms. The van der Waals surface area contributed by atoms with Crippen molar-refractivity contribution in [2.75, 3.05) is 0 Å². The van der Waals surface area contributed by atoms with Gasteiger partial charge in [0.15, 0.2) is 0 Å². The number of carboxylic acids is 2. The van der Waals surface area contributed by atoms with Crippen molar-refractivity contribution < 1.29 is 19.8 Å². The number of carbonyl (C=O) groups is 2. The average molecular weight is 396 g/mol. The third-order valence-electron chi connectivity index (χ3n) is 4.68. The molecular weight excluding hydrogens is 380 g/mol. The number of nitrogens with zero attached hydrogens (tertiary/aromatic N) is 2. The van der Waals surface area contributed by atoms with E-state index in [1.54, 1.807) is 36.7 Å². The van der Waals surface area contributed by atoms with E-state index in [-0.39, 0.29) is 11.1 Å². The van der Waals surface area contributed by atoms with Gasteiger partial charge in [0.1, 0.15) is 0 Å². The molecule has 0 aliphatic rings. The fourth-order valence-corrected chi connectivity index (χ4v) is 3.09. The molecule has 4 aromatic rings. The minimum Gasteiger partial charge on any atom is -0.478 e. The number of rotatable bonds is 5. The maximum Gasteiger partial charge on any atom is 0.335 e. The van der Waals surface area contributed by atoms with Crippen LogP contribution in [0.5, 0.6) is 0 Å². The summed E-state index contributed by atoms with van der Waals surface area (Å²) in [5, 5.41) is 18.3. The Morgan fingerprint density at radius 3 is 1.53 bits per heavy atom. The monoisotopic (exact) mass is 396 g/mol. The van der Waals surface area contributed by atoms with Crippen LogP contribution < -0.4 is 0 Å². The number of hydrogen-bond donors (Lipinski definition) is 2. The van der Waals surface area contributed by atoms with Crippen LogP contribution in [0, 0.1) is 0 Å². The predicted molar refractivity (Wildman–Crippen MR) is 112 cm³/mol. The van der Waals surface area contributed by atoms with Crippen LogP contribution in [-0.4, -0.2) is 32.1 Å². The summed E-state index contributed by atoms with van der Waals surface area (Å²) in [5.74, 6) is -1.98. The van der Waals surface area contributed by atoms with Crippen molar-refractivity contribution in [3.05, 3.63) is 96.3 Å². The van der Waals surface area contributed by atoms with Crippen LogP contribution in [0.1, 0.15) is 20.7 Å². The van der Waals surface area contributed by atoms with Gasteiger partial charge in [0.25, 0.3) is 0 Å². The Hall–Kier alpha value is -4.32. The molecule has 0 radical (unpaired) electrons. The van der Waals surface area contributed by atoms with Crippen LogP contribution in [0.2, 0.25) is 0 Å². The second kappa shape index (κ2) is 7.97. The van der Waals surface area contributed by atoms with Gasteiger partial charge in [-0.3, -0.25) is 4.98 Å². The van der Waals surface area contributed by atoms with Crippen molar-refractivity contribution in [2.24, 2.45) is 0 Å². The van der Waals surface area contributed by atoms with E-state index in [1.807, 2.05) is 24.3 Å². The molecule has 0 amide bonds. The molecule has 146 valence electrons. The number of aromatic carboxylic acids is 2. The molecule has 2 heterocycles. The molecule has 2 N–H and O–H groups in total. The number of pyridine rings is 2. The highest BCUT2D eigenvalue weighted by Crippen LogP contribution is 2.30. The van der Waals surface area contributed by atoms with Crippen molar-refractivity contribution in [2.45, 2.75) is 0 Å². The third kappa shape index (κ3) is 3.93. The van der Waals surface area contributed by atoms with E-state index >= 15 is 0 Å². The smallest absolute Gasteiger partial charge is 0.335 e. The van der Waals surface area contributed by atoms with Crippen molar-refractivity contribution in [1.29, 1.82) is 0 Å². The van der Waals surface area contributed by atoms with Gasteiger partial charge in [-0.15, -0.1) is 0 Å². The summed E-state index contributed by atoms with van der Waals surface area (Å²) in [6, 6.07) is 20.7. The van der Waals surface area contributed by atoms with E-state index in [2.05, 4.69) is 4.98 Å². The van der Waals surface area contributed by atoms with E-state index in [4.69, 9.17) is 15.2 Å². The van der Waals surface area contributed by atoms with Crippen molar-refractivity contribution >= 4 is 11.9 Å². The van der Waals surface area contributed by atoms with Crippen LogP contribution in [0.4, 0.5) is 0 Å². The molecule has 4 rings (SSSR count). The van der Waals surface area contributed by atoms with E-state index < -0.39 is 11.9 Å². The Bertz CT molecular complexity index is 1140. The van der Waals surface area contributed by atoms with E-state index in [0.29, 0.717) is 11.4 Å². The normalized spacial score (nSPS) is 10.5.